The van der Waals surface area contributed by atoms with Gasteiger partial charge in [-0.3, -0.25) is 9.48 Å². The van der Waals surface area contributed by atoms with E-state index in [0.29, 0.717) is 18.5 Å². The van der Waals surface area contributed by atoms with Gasteiger partial charge in [0.05, 0.1) is 11.3 Å². The second-order valence-corrected chi connectivity index (χ2v) is 7.20. The van der Waals surface area contributed by atoms with Crippen LogP contribution in [0, 0.1) is 6.92 Å². The molecule has 0 spiro atoms. The van der Waals surface area contributed by atoms with Crippen molar-refractivity contribution in [2.24, 2.45) is 7.05 Å². The van der Waals surface area contributed by atoms with E-state index in [1.54, 1.807) is 4.68 Å². The van der Waals surface area contributed by atoms with Crippen LogP contribution in [-0.4, -0.2) is 15.4 Å². The molecule has 1 saturated carbocycles. The lowest BCUT2D eigenvalue weighted by Gasteiger charge is -2.36. The number of hydrogen-bond donors (Lipinski definition) is 1. The Morgan fingerprint density at radius 1 is 1.00 bits per heavy atom. The number of aromatic nitrogens is 2. The first-order valence-corrected chi connectivity index (χ1v) is 9.26. The summed E-state index contributed by atoms with van der Waals surface area (Å²) < 4.78 is 3.70. The van der Waals surface area contributed by atoms with E-state index in [-0.39, 0.29) is 5.56 Å². The first-order valence-electron chi connectivity index (χ1n) is 9.26. The Bertz CT molecular complexity index is 935. The summed E-state index contributed by atoms with van der Waals surface area (Å²) in [6, 6.07) is 21.0. The van der Waals surface area contributed by atoms with Crippen LogP contribution >= 0.6 is 0 Å². The molecule has 4 rings (SSSR count). The minimum Gasteiger partial charge on any atom is -0.310 e. The summed E-state index contributed by atoms with van der Waals surface area (Å²) >= 11 is 0. The molecule has 0 atom stereocenters. The van der Waals surface area contributed by atoms with Gasteiger partial charge in [0.25, 0.3) is 5.56 Å². The van der Waals surface area contributed by atoms with Crippen molar-refractivity contribution in [3.8, 4) is 5.69 Å². The average molecular weight is 347 g/mol. The lowest BCUT2D eigenvalue weighted by molar-refractivity contribution is 0.289. The summed E-state index contributed by atoms with van der Waals surface area (Å²) in [5.74, 6) is 0.645. The molecule has 1 aliphatic rings. The van der Waals surface area contributed by atoms with Gasteiger partial charge in [-0.15, -0.1) is 0 Å². The normalized spacial score (nSPS) is 19.3. The molecule has 4 heteroatoms. The van der Waals surface area contributed by atoms with Crippen LogP contribution in [0.2, 0.25) is 0 Å². The van der Waals surface area contributed by atoms with Crippen molar-refractivity contribution in [2.45, 2.75) is 38.3 Å². The van der Waals surface area contributed by atoms with Crippen molar-refractivity contribution >= 4 is 0 Å². The smallest absolute Gasteiger partial charge is 0.276 e. The topological polar surface area (TPSA) is 39.0 Å². The highest BCUT2D eigenvalue weighted by Gasteiger charge is 2.30. The van der Waals surface area contributed by atoms with Crippen LogP contribution < -0.4 is 10.9 Å². The molecule has 1 heterocycles. The van der Waals surface area contributed by atoms with Crippen molar-refractivity contribution in [1.29, 1.82) is 0 Å². The zero-order valence-corrected chi connectivity index (χ0v) is 15.4. The monoisotopic (exact) mass is 347 g/mol. The first-order chi connectivity index (χ1) is 12.6. The highest BCUT2D eigenvalue weighted by atomic mass is 16.1. The first kappa shape index (κ1) is 16.9. The molecule has 134 valence electrons. The van der Waals surface area contributed by atoms with Gasteiger partial charge in [0.15, 0.2) is 0 Å². The van der Waals surface area contributed by atoms with Gasteiger partial charge in [0.2, 0.25) is 0 Å². The van der Waals surface area contributed by atoms with Crippen LogP contribution in [0.15, 0.2) is 65.5 Å². The van der Waals surface area contributed by atoms with Gasteiger partial charge >= 0.3 is 0 Å². The fourth-order valence-corrected chi connectivity index (χ4v) is 3.86. The number of para-hydroxylation sites is 1. The molecule has 1 aliphatic carbocycles. The molecule has 1 fully saturated rings. The van der Waals surface area contributed by atoms with Gasteiger partial charge in [-0.05, 0) is 43.4 Å². The minimum atomic E-state index is 0.0719. The third kappa shape index (κ3) is 3.01. The summed E-state index contributed by atoms with van der Waals surface area (Å²) in [6.07, 6.45) is 2.28. The molecule has 0 saturated heterocycles. The Morgan fingerprint density at radius 2 is 1.62 bits per heavy atom. The third-order valence-electron chi connectivity index (χ3n) is 5.65. The van der Waals surface area contributed by atoms with E-state index in [2.05, 4.69) is 35.6 Å². The summed E-state index contributed by atoms with van der Waals surface area (Å²) in [7, 11) is 1.95. The molecule has 0 unspecified atom stereocenters. The molecule has 0 amide bonds. The highest BCUT2D eigenvalue weighted by molar-refractivity contribution is 5.33. The average Bonchev–Trinajstić information content (AvgIpc) is 2.85. The molecule has 0 aliphatic heterocycles. The van der Waals surface area contributed by atoms with Gasteiger partial charge in [0, 0.05) is 25.3 Å². The van der Waals surface area contributed by atoms with Crippen molar-refractivity contribution in [3.05, 3.63) is 87.8 Å². The van der Waals surface area contributed by atoms with Crippen LogP contribution in [0.5, 0.6) is 0 Å². The summed E-state index contributed by atoms with van der Waals surface area (Å²) in [4.78, 5) is 12.9. The predicted molar refractivity (Wildman–Crippen MR) is 105 cm³/mol. The quantitative estimate of drug-likeness (QED) is 0.767. The Balaban J connectivity index is 1.45. The molecule has 0 bridgehead atoms. The predicted octanol–water partition coefficient (Wildman–Crippen LogP) is 3.52. The van der Waals surface area contributed by atoms with Crippen LogP contribution in [0.3, 0.4) is 0 Å². The molecular weight excluding hydrogens is 322 g/mol. The van der Waals surface area contributed by atoms with E-state index in [1.807, 2.05) is 49.0 Å². The fraction of sp³-hybridized carbons (Fsp3) is 0.318. The summed E-state index contributed by atoms with van der Waals surface area (Å²) in [5.41, 5.74) is 4.28. The van der Waals surface area contributed by atoms with E-state index < -0.39 is 0 Å². The molecule has 26 heavy (non-hydrogen) atoms. The minimum absolute atomic E-state index is 0.0719. The van der Waals surface area contributed by atoms with Gasteiger partial charge < -0.3 is 5.32 Å². The fourth-order valence-electron chi connectivity index (χ4n) is 3.86. The SMILES string of the molecule is Cc1c(CNC2CC(c3ccccc3)C2)c(=O)n(-c2ccccc2)n1C. The maximum absolute atomic E-state index is 12.9. The number of benzene rings is 2. The van der Waals surface area contributed by atoms with Gasteiger partial charge in [0.1, 0.15) is 0 Å². The Morgan fingerprint density at radius 3 is 2.27 bits per heavy atom. The van der Waals surface area contributed by atoms with E-state index in [1.165, 1.54) is 5.56 Å². The van der Waals surface area contributed by atoms with Gasteiger partial charge in [-0.2, -0.15) is 0 Å². The Labute approximate surface area is 154 Å². The standard InChI is InChI=1S/C22H25N3O/c1-16-21(22(26)25(24(16)2)20-11-7-4-8-12-20)15-23-19-13-18(14-19)17-9-5-3-6-10-17/h3-12,18-19,23H,13-15H2,1-2H3. The second kappa shape index (κ2) is 6.96. The van der Waals surface area contributed by atoms with Crippen molar-refractivity contribution in [2.75, 3.05) is 0 Å². The lowest BCUT2D eigenvalue weighted by atomic mass is 9.76. The molecule has 1 N–H and O–H groups in total. The summed E-state index contributed by atoms with van der Waals surface area (Å²) in [5, 5.41) is 3.58. The van der Waals surface area contributed by atoms with Crippen LogP contribution in [0.25, 0.3) is 5.69 Å². The molecular formula is C22H25N3O. The van der Waals surface area contributed by atoms with E-state index >= 15 is 0 Å². The number of nitrogens with one attached hydrogen (secondary N) is 1. The van der Waals surface area contributed by atoms with Gasteiger partial charge in [-0.25, -0.2) is 4.68 Å². The van der Waals surface area contributed by atoms with Crippen molar-refractivity contribution < 1.29 is 0 Å². The summed E-state index contributed by atoms with van der Waals surface area (Å²) in [6.45, 7) is 2.65. The second-order valence-electron chi connectivity index (χ2n) is 7.20. The van der Waals surface area contributed by atoms with Crippen LogP contribution in [0.4, 0.5) is 0 Å². The molecule has 1 aromatic heterocycles. The number of nitrogens with zero attached hydrogens (tertiary/aromatic N) is 2. The van der Waals surface area contributed by atoms with Crippen molar-refractivity contribution in [1.82, 2.24) is 14.7 Å². The maximum atomic E-state index is 12.9. The molecule has 2 aromatic carbocycles. The van der Waals surface area contributed by atoms with Crippen molar-refractivity contribution in [3.63, 3.8) is 0 Å². The molecule has 3 aromatic rings. The maximum Gasteiger partial charge on any atom is 0.276 e. The van der Waals surface area contributed by atoms with Crippen LogP contribution in [-0.2, 0) is 13.6 Å². The zero-order valence-electron chi connectivity index (χ0n) is 15.4. The highest BCUT2D eigenvalue weighted by Crippen LogP contribution is 2.36. The van der Waals surface area contributed by atoms with E-state index in [0.717, 1.165) is 29.8 Å². The molecule has 0 radical (unpaired) electrons. The number of rotatable bonds is 5. The van der Waals surface area contributed by atoms with E-state index in [4.69, 9.17) is 0 Å². The lowest BCUT2D eigenvalue weighted by Crippen LogP contribution is -2.40. The Hall–Kier alpha value is -2.59. The van der Waals surface area contributed by atoms with Crippen LogP contribution in [0.1, 0.15) is 35.6 Å². The number of hydrogen-bond acceptors (Lipinski definition) is 2. The Kier molecular flexibility index (Phi) is 4.51. The van der Waals surface area contributed by atoms with Gasteiger partial charge in [-0.1, -0.05) is 48.5 Å². The largest absolute Gasteiger partial charge is 0.310 e. The third-order valence-corrected chi connectivity index (χ3v) is 5.65. The molecule has 4 nitrogen and oxygen atoms in total. The zero-order chi connectivity index (χ0) is 18.1. The van der Waals surface area contributed by atoms with E-state index in [9.17, 15) is 4.79 Å².